The Morgan fingerprint density at radius 3 is 2.62 bits per heavy atom. The zero-order valence-corrected chi connectivity index (χ0v) is 19.4. The minimum atomic E-state index is -0.608. The van der Waals surface area contributed by atoms with Gasteiger partial charge in [-0.1, -0.05) is 36.4 Å². The maximum atomic E-state index is 12.9. The predicted octanol–water partition coefficient (Wildman–Crippen LogP) is 3.55. The van der Waals surface area contributed by atoms with E-state index in [1.807, 2.05) is 6.92 Å². The van der Waals surface area contributed by atoms with Crippen LogP contribution in [0.5, 0.6) is 11.5 Å². The number of benzene rings is 2. The molecule has 1 atom stereocenters. The summed E-state index contributed by atoms with van der Waals surface area (Å²) in [5.41, 5.74) is 2.58. The molecule has 0 radical (unpaired) electrons. The van der Waals surface area contributed by atoms with Gasteiger partial charge < -0.3 is 14.7 Å². The van der Waals surface area contributed by atoms with Crippen molar-refractivity contribution in [3.63, 3.8) is 0 Å². The summed E-state index contributed by atoms with van der Waals surface area (Å²) >= 11 is 0. The third kappa shape index (κ3) is 4.35. The van der Waals surface area contributed by atoms with Crippen molar-refractivity contribution in [1.82, 2.24) is 14.5 Å². The van der Waals surface area contributed by atoms with Gasteiger partial charge >= 0.3 is 0 Å². The molecular formula is C26H29N5O3. The number of ether oxygens (including phenoxy) is 1. The number of phenols is 1. The average molecular weight is 460 g/mol. The third-order valence-electron chi connectivity index (χ3n) is 6.58. The molecule has 176 valence electrons. The lowest BCUT2D eigenvalue weighted by atomic mass is 9.90. The molecule has 0 amide bonds. The maximum Gasteiger partial charge on any atom is 0.257 e. The number of likely N-dealkylation sites (tertiary alicyclic amines) is 1. The van der Waals surface area contributed by atoms with Crippen LogP contribution < -0.4 is 15.6 Å². The predicted molar refractivity (Wildman–Crippen MR) is 132 cm³/mol. The summed E-state index contributed by atoms with van der Waals surface area (Å²) in [6.07, 6.45) is 2.62. The average Bonchev–Trinajstić information content (AvgIpc) is 2.84. The number of guanidine groups is 1. The molecule has 3 aromatic rings. The van der Waals surface area contributed by atoms with Gasteiger partial charge in [0.2, 0.25) is 11.9 Å². The smallest absolute Gasteiger partial charge is 0.257 e. The van der Waals surface area contributed by atoms with Crippen LogP contribution in [0.2, 0.25) is 0 Å². The van der Waals surface area contributed by atoms with Crippen LogP contribution in [-0.4, -0.2) is 45.7 Å². The number of nitrogens with one attached hydrogen (secondary N) is 1. The van der Waals surface area contributed by atoms with Gasteiger partial charge in [0.25, 0.3) is 5.56 Å². The second kappa shape index (κ2) is 9.21. The minimum Gasteiger partial charge on any atom is -0.504 e. The molecule has 1 aromatic heterocycles. The zero-order valence-electron chi connectivity index (χ0n) is 19.4. The largest absolute Gasteiger partial charge is 0.504 e. The Labute approximate surface area is 198 Å². The molecule has 5 rings (SSSR count). The van der Waals surface area contributed by atoms with E-state index in [1.54, 1.807) is 22.8 Å². The number of hydrogen-bond donors (Lipinski definition) is 2. The number of methoxy groups -OCH3 is 1. The number of rotatable bonds is 4. The van der Waals surface area contributed by atoms with E-state index in [1.165, 1.54) is 18.7 Å². The summed E-state index contributed by atoms with van der Waals surface area (Å²) in [6, 6.07) is 17.2. The number of nitrogens with zero attached hydrogens (tertiary/aromatic N) is 4. The summed E-state index contributed by atoms with van der Waals surface area (Å²) in [4.78, 5) is 24.7. The maximum absolute atomic E-state index is 12.9. The third-order valence-corrected chi connectivity index (χ3v) is 6.58. The summed E-state index contributed by atoms with van der Waals surface area (Å²) in [5.74, 6) is 2.20. The first kappa shape index (κ1) is 22.0. The van der Waals surface area contributed by atoms with Gasteiger partial charge in [-0.05, 0) is 49.8 Å². The molecule has 1 fully saturated rings. The van der Waals surface area contributed by atoms with Crippen LogP contribution in [0.4, 0.5) is 5.95 Å². The number of anilines is 1. The van der Waals surface area contributed by atoms with E-state index >= 15 is 0 Å². The van der Waals surface area contributed by atoms with E-state index < -0.39 is 6.17 Å². The van der Waals surface area contributed by atoms with Crippen LogP contribution in [0.3, 0.4) is 0 Å². The van der Waals surface area contributed by atoms with Crippen molar-refractivity contribution in [3.8, 4) is 11.5 Å². The SMILES string of the molecule is COc1cc([C@@H]2N=C(N3CCC(Cc4ccccc4)CC3)Nc3nc(C)cc(=O)n32)ccc1O. The fourth-order valence-corrected chi connectivity index (χ4v) is 4.77. The first-order valence-corrected chi connectivity index (χ1v) is 11.6. The minimum absolute atomic E-state index is 0.0412. The van der Waals surface area contributed by atoms with E-state index in [-0.39, 0.29) is 11.3 Å². The molecular weight excluding hydrogens is 430 g/mol. The number of piperidine rings is 1. The zero-order chi connectivity index (χ0) is 23.7. The highest BCUT2D eigenvalue weighted by Gasteiger charge is 2.30. The molecule has 2 N–H and O–H groups in total. The number of aryl methyl sites for hydroxylation is 1. The van der Waals surface area contributed by atoms with Gasteiger partial charge in [-0.2, -0.15) is 0 Å². The Bertz CT molecular complexity index is 1260. The number of phenolic OH excluding ortho intramolecular Hbond substituents is 1. The molecule has 1 saturated heterocycles. The van der Waals surface area contributed by atoms with Crippen LogP contribution in [0.25, 0.3) is 0 Å². The van der Waals surface area contributed by atoms with Crippen molar-refractivity contribution in [1.29, 1.82) is 0 Å². The number of aromatic nitrogens is 2. The molecule has 0 saturated carbocycles. The Morgan fingerprint density at radius 1 is 1.12 bits per heavy atom. The monoisotopic (exact) mass is 459 g/mol. The topological polar surface area (TPSA) is 92.0 Å². The van der Waals surface area contributed by atoms with Gasteiger partial charge in [-0.15, -0.1) is 0 Å². The molecule has 0 unspecified atom stereocenters. The Hall–Kier alpha value is -3.81. The van der Waals surface area contributed by atoms with Crippen molar-refractivity contribution >= 4 is 11.9 Å². The first-order chi connectivity index (χ1) is 16.5. The van der Waals surface area contributed by atoms with Gasteiger partial charge in [0, 0.05) is 30.4 Å². The summed E-state index contributed by atoms with van der Waals surface area (Å²) in [5, 5.41) is 13.3. The molecule has 0 spiro atoms. The molecule has 3 heterocycles. The molecule has 2 aliphatic rings. The second-order valence-corrected chi connectivity index (χ2v) is 8.93. The fourth-order valence-electron chi connectivity index (χ4n) is 4.77. The molecule has 0 aliphatic carbocycles. The second-order valence-electron chi connectivity index (χ2n) is 8.93. The van der Waals surface area contributed by atoms with Crippen molar-refractivity contribution in [2.75, 3.05) is 25.5 Å². The van der Waals surface area contributed by atoms with Crippen LogP contribution in [0.15, 0.2) is 64.4 Å². The Morgan fingerprint density at radius 2 is 1.88 bits per heavy atom. The number of aromatic hydroxyl groups is 1. The van der Waals surface area contributed by atoms with E-state index in [4.69, 9.17) is 9.73 Å². The van der Waals surface area contributed by atoms with Crippen LogP contribution in [-0.2, 0) is 6.42 Å². The molecule has 8 heteroatoms. The lowest BCUT2D eigenvalue weighted by Crippen LogP contribution is -2.46. The van der Waals surface area contributed by atoms with Gasteiger partial charge in [0.05, 0.1) is 7.11 Å². The Kier molecular flexibility index (Phi) is 5.96. The lowest BCUT2D eigenvalue weighted by Gasteiger charge is -2.37. The van der Waals surface area contributed by atoms with Crippen LogP contribution in [0, 0.1) is 12.8 Å². The van der Waals surface area contributed by atoms with Crippen LogP contribution in [0.1, 0.15) is 35.8 Å². The Balaban J connectivity index is 1.42. The van der Waals surface area contributed by atoms with E-state index in [9.17, 15) is 9.90 Å². The van der Waals surface area contributed by atoms with E-state index in [0.29, 0.717) is 29.3 Å². The molecule has 2 aromatic carbocycles. The van der Waals surface area contributed by atoms with Crippen molar-refractivity contribution in [2.45, 2.75) is 32.4 Å². The van der Waals surface area contributed by atoms with Gasteiger partial charge in [-0.3, -0.25) is 14.7 Å². The number of fused-ring (bicyclic) bond motifs is 1. The standard InChI is InChI=1S/C26H29N5O3/c1-17-14-23(33)31-24(20-8-9-21(32)22(16-20)34-2)28-25(29-26(31)27-17)30-12-10-19(11-13-30)15-18-6-4-3-5-7-18/h3-9,14,16,19,24,32H,10-13,15H2,1-2H3,(H,27,28,29)/t24-/m1/s1. The highest BCUT2D eigenvalue weighted by atomic mass is 16.5. The fraction of sp³-hybridized carbons (Fsp3) is 0.346. The molecule has 0 bridgehead atoms. The molecule has 2 aliphatic heterocycles. The number of hydrogen-bond acceptors (Lipinski definition) is 7. The lowest BCUT2D eigenvalue weighted by molar-refractivity contribution is 0.262. The van der Waals surface area contributed by atoms with Gasteiger partial charge in [-0.25, -0.2) is 9.98 Å². The van der Waals surface area contributed by atoms with Gasteiger partial charge in [0.15, 0.2) is 17.7 Å². The van der Waals surface area contributed by atoms with E-state index in [0.717, 1.165) is 37.9 Å². The quantitative estimate of drug-likeness (QED) is 0.620. The summed E-state index contributed by atoms with van der Waals surface area (Å²) < 4.78 is 6.84. The summed E-state index contributed by atoms with van der Waals surface area (Å²) in [7, 11) is 1.50. The summed E-state index contributed by atoms with van der Waals surface area (Å²) in [6.45, 7) is 3.57. The first-order valence-electron chi connectivity index (χ1n) is 11.6. The number of aliphatic imine (C=N–C) groups is 1. The van der Waals surface area contributed by atoms with Crippen molar-refractivity contribution in [2.24, 2.45) is 10.9 Å². The van der Waals surface area contributed by atoms with Crippen molar-refractivity contribution < 1.29 is 9.84 Å². The van der Waals surface area contributed by atoms with Crippen molar-refractivity contribution in [3.05, 3.63) is 81.8 Å². The highest BCUT2D eigenvalue weighted by Crippen LogP contribution is 2.33. The van der Waals surface area contributed by atoms with Crippen LogP contribution >= 0.6 is 0 Å². The highest BCUT2D eigenvalue weighted by molar-refractivity contribution is 5.93. The molecule has 34 heavy (non-hydrogen) atoms. The molecule has 8 nitrogen and oxygen atoms in total. The van der Waals surface area contributed by atoms with Gasteiger partial charge in [0.1, 0.15) is 0 Å². The normalized spacial score (nSPS) is 18.1. The van der Waals surface area contributed by atoms with E-state index in [2.05, 4.69) is 45.5 Å².